The summed E-state index contributed by atoms with van der Waals surface area (Å²) in [7, 11) is 1.73. The molecule has 3 aromatic rings. The molecule has 3 aliphatic rings. The Morgan fingerprint density at radius 3 is 2.88 bits per heavy atom. The minimum atomic E-state index is -2.99. The number of halogens is 2. The van der Waals surface area contributed by atoms with Crippen LogP contribution >= 0.6 is 0 Å². The molecule has 0 saturated carbocycles. The molecule has 2 aromatic carbocycles. The van der Waals surface area contributed by atoms with Crippen molar-refractivity contribution in [2.45, 2.75) is 31.2 Å². The van der Waals surface area contributed by atoms with Gasteiger partial charge in [-0.05, 0) is 30.3 Å². The third kappa shape index (κ3) is 3.33. The summed E-state index contributed by atoms with van der Waals surface area (Å²) in [5.41, 5.74) is 3.32. The first-order valence-electron chi connectivity index (χ1n) is 11.2. The van der Waals surface area contributed by atoms with Crippen LogP contribution in [0.3, 0.4) is 0 Å². The van der Waals surface area contributed by atoms with E-state index in [1.165, 1.54) is 6.07 Å². The molecule has 7 nitrogen and oxygen atoms in total. The van der Waals surface area contributed by atoms with Crippen LogP contribution in [-0.4, -0.2) is 59.8 Å². The lowest BCUT2D eigenvalue weighted by atomic mass is 9.97. The fourth-order valence-corrected chi connectivity index (χ4v) is 5.05. The quantitative estimate of drug-likeness (QED) is 0.601. The number of amides is 1. The Kier molecular flexibility index (Phi) is 5.01. The minimum absolute atomic E-state index is 0.0246. The molecule has 3 aliphatic heterocycles. The normalized spacial score (nSPS) is 21.1. The number of alkyl halides is 2. The predicted molar refractivity (Wildman–Crippen MR) is 120 cm³/mol. The van der Waals surface area contributed by atoms with Crippen molar-refractivity contribution in [1.82, 2.24) is 19.8 Å². The Labute approximate surface area is 194 Å². The second-order valence-electron chi connectivity index (χ2n) is 8.74. The van der Waals surface area contributed by atoms with E-state index in [2.05, 4.69) is 21.7 Å². The maximum atomic E-state index is 13.2. The van der Waals surface area contributed by atoms with Gasteiger partial charge < -0.3 is 18.9 Å². The molecule has 34 heavy (non-hydrogen) atoms. The molecule has 1 aromatic heterocycles. The van der Waals surface area contributed by atoms with E-state index in [0.717, 1.165) is 22.4 Å². The van der Waals surface area contributed by atoms with Crippen molar-refractivity contribution in [3.8, 4) is 17.6 Å². The number of fused-ring (bicyclic) bond motifs is 9. The highest BCUT2D eigenvalue weighted by Crippen LogP contribution is 2.49. The summed E-state index contributed by atoms with van der Waals surface area (Å²) >= 11 is 0. The number of carbonyl (C=O) groups excluding carboxylic acids is 1. The molecule has 2 bridgehead atoms. The van der Waals surface area contributed by atoms with E-state index in [1.807, 2.05) is 18.2 Å². The van der Waals surface area contributed by atoms with E-state index >= 15 is 0 Å². The molecule has 174 valence electrons. The van der Waals surface area contributed by atoms with Gasteiger partial charge in [0.1, 0.15) is 11.6 Å². The number of benzene rings is 2. The highest BCUT2D eigenvalue weighted by molar-refractivity contribution is 5.97. The van der Waals surface area contributed by atoms with Crippen molar-refractivity contribution in [1.29, 1.82) is 0 Å². The monoisotopic (exact) mass is 464 g/mol. The van der Waals surface area contributed by atoms with Crippen molar-refractivity contribution in [2.75, 3.05) is 26.8 Å². The summed E-state index contributed by atoms with van der Waals surface area (Å²) in [6, 6.07) is 10.3. The number of nitrogens with one attached hydrogen (secondary N) is 1. The van der Waals surface area contributed by atoms with Crippen molar-refractivity contribution in [3.05, 3.63) is 58.9 Å². The number of nitrogens with zero attached hydrogens (tertiary/aromatic N) is 3. The lowest BCUT2D eigenvalue weighted by Gasteiger charge is -2.25. The first-order valence-corrected chi connectivity index (χ1v) is 11.2. The molecule has 0 radical (unpaired) electrons. The first kappa shape index (κ1) is 21.1. The summed E-state index contributed by atoms with van der Waals surface area (Å²) in [5.74, 6) is 6.86. The lowest BCUT2D eigenvalue weighted by Crippen LogP contribution is -2.45. The first-order chi connectivity index (χ1) is 16.5. The molecule has 0 aliphatic carbocycles. The Bertz CT molecular complexity index is 1360. The molecule has 1 fully saturated rings. The van der Waals surface area contributed by atoms with Crippen LogP contribution in [0, 0.1) is 11.8 Å². The minimum Gasteiger partial charge on any atom is -0.434 e. The van der Waals surface area contributed by atoms with Gasteiger partial charge in [-0.2, -0.15) is 8.78 Å². The number of aromatic nitrogens is 2. The maximum Gasteiger partial charge on any atom is 0.387 e. The van der Waals surface area contributed by atoms with Gasteiger partial charge in [0.15, 0.2) is 0 Å². The molecular weight excluding hydrogens is 442 g/mol. The average Bonchev–Trinajstić information content (AvgIpc) is 3.30. The molecule has 9 heteroatoms. The third-order valence-electron chi connectivity index (χ3n) is 6.76. The summed E-state index contributed by atoms with van der Waals surface area (Å²) < 4.78 is 38.5. The fraction of sp³-hybridized carbons (Fsp3) is 0.360. The number of hydrogen-bond acceptors (Lipinski definition) is 5. The van der Waals surface area contributed by atoms with Crippen molar-refractivity contribution in [3.63, 3.8) is 0 Å². The van der Waals surface area contributed by atoms with E-state index in [4.69, 9.17) is 14.5 Å². The molecule has 1 amide bonds. The molecule has 2 unspecified atom stereocenters. The van der Waals surface area contributed by atoms with Crippen LogP contribution in [0.5, 0.6) is 5.75 Å². The second-order valence-corrected chi connectivity index (χ2v) is 8.74. The summed E-state index contributed by atoms with van der Waals surface area (Å²) in [4.78, 5) is 19.6. The summed E-state index contributed by atoms with van der Waals surface area (Å²) in [5, 5.41) is 3.31. The fourth-order valence-electron chi connectivity index (χ4n) is 5.05. The van der Waals surface area contributed by atoms with Crippen LogP contribution in [0.15, 0.2) is 36.4 Å². The Morgan fingerprint density at radius 1 is 1.26 bits per heavy atom. The topological polar surface area (TPSA) is 68.6 Å². The number of hydrogen-bond donors (Lipinski definition) is 1. The predicted octanol–water partition coefficient (Wildman–Crippen LogP) is 3.10. The molecule has 1 N–H and O–H groups in total. The zero-order chi connectivity index (χ0) is 23.4. The van der Waals surface area contributed by atoms with E-state index in [-0.39, 0.29) is 23.7 Å². The largest absolute Gasteiger partial charge is 0.434 e. The number of imidazole rings is 1. The van der Waals surface area contributed by atoms with Crippen molar-refractivity contribution >= 4 is 16.9 Å². The van der Waals surface area contributed by atoms with E-state index in [1.54, 1.807) is 24.1 Å². The van der Waals surface area contributed by atoms with Crippen LogP contribution in [0.25, 0.3) is 11.0 Å². The van der Waals surface area contributed by atoms with Gasteiger partial charge in [-0.15, -0.1) is 0 Å². The molecule has 1 saturated heterocycles. The van der Waals surface area contributed by atoms with Crippen LogP contribution in [0.4, 0.5) is 8.78 Å². The smallest absolute Gasteiger partial charge is 0.387 e. The summed E-state index contributed by atoms with van der Waals surface area (Å²) in [6.07, 6.45) is 0.542. The van der Waals surface area contributed by atoms with Crippen LogP contribution < -0.4 is 10.1 Å². The van der Waals surface area contributed by atoms with E-state index in [9.17, 15) is 13.6 Å². The third-order valence-corrected chi connectivity index (χ3v) is 6.76. The van der Waals surface area contributed by atoms with E-state index in [0.29, 0.717) is 43.3 Å². The summed E-state index contributed by atoms with van der Waals surface area (Å²) in [6.45, 7) is -0.988. The maximum absolute atomic E-state index is 13.2. The van der Waals surface area contributed by atoms with Gasteiger partial charge in [-0.25, -0.2) is 4.98 Å². The van der Waals surface area contributed by atoms with Gasteiger partial charge in [0.05, 0.1) is 48.9 Å². The number of carbonyl (C=O) groups is 1. The Balaban J connectivity index is 1.44. The SMILES string of the molecule is CN1C(=O)c2cccc(OC(F)F)c2C2CC1c1nc3ccc(C#CCNC4COC4)cc3n12. The number of ether oxygens (including phenoxy) is 2. The highest BCUT2D eigenvalue weighted by atomic mass is 19.3. The second kappa shape index (κ2) is 8.08. The molecule has 0 spiro atoms. The molecule has 4 heterocycles. The van der Waals surface area contributed by atoms with Gasteiger partial charge in [0.25, 0.3) is 5.91 Å². The van der Waals surface area contributed by atoms with Gasteiger partial charge in [0, 0.05) is 30.2 Å². The highest BCUT2D eigenvalue weighted by Gasteiger charge is 2.45. The standard InChI is InChI=1S/C25H22F2N4O3/c1-30-20-11-19(22-16(24(30)32)5-2-6-21(22)34-25(26)27)31-18-10-14(7-8-17(18)29-23(20)31)4-3-9-28-15-12-33-13-15/h2,5-8,10,15,19-20,25,28H,9,11-13H2,1H3. The molecular formula is C25H22F2N4O3. The molecule has 2 atom stereocenters. The Morgan fingerprint density at radius 2 is 2.12 bits per heavy atom. The van der Waals surface area contributed by atoms with Crippen molar-refractivity contribution in [2.24, 2.45) is 0 Å². The lowest BCUT2D eigenvalue weighted by molar-refractivity contribution is -0.0507. The van der Waals surface area contributed by atoms with Gasteiger partial charge in [-0.3, -0.25) is 10.1 Å². The molecule has 6 rings (SSSR count). The number of rotatable bonds is 4. The van der Waals surface area contributed by atoms with E-state index < -0.39 is 6.61 Å². The van der Waals surface area contributed by atoms with Crippen molar-refractivity contribution < 1.29 is 23.0 Å². The van der Waals surface area contributed by atoms with Gasteiger partial charge in [-0.1, -0.05) is 17.9 Å². The van der Waals surface area contributed by atoms with Crippen LogP contribution in [0.1, 0.15) is 45.8 Å². The zero-order valence-corrected chi connectivity index (χ0v) is 18.4. The van der Waals surface area contributed by atoms with Gasteiger partial charge >= 0.3 is 6.61 Å². The average molecular weight is 464 g/mol. The van der Waals surface area contributed by atoms with Crippen LogP contribution in [-0.2, 0) is 4.74 Å². The zero-order valence-electron chi connectivity index (χ0n) is 18.4. The Hall–Kier alpha value is -3.48. The van der Waals surface area contributed by atoms with Crippen LogP contribution in [0.2, 0.25) is 0 Å². The van der Waals surface area contributed by atoms with Gasteiger partial charge in [0.2, 0.25) is 0 Å².